The molecule has 0 saturated carbocycles. The predicted octanol–water partition coefficient (Wildman–Crippen LogP) is 5.78. The number of amides is 1. The van der Waals surface area contributed by atoms with Gasteiger partial charge in [0.05, 0.1) is 17.6 Å². The second kappa shape index (κ2) is 11.8. The Balaban J connectivity index is 1.64. The highest BCUT2D eigenvalue weighted by Crippen LogP contribution is 2.43. The first-order valence-corrected chi connectivity index (χ1v) is 13.6. The molecule has 0 aliphatic carbocycles. The normalized spacial score (nSPS) is 19.4. The Labute approximate surface area is 234 Å². The Morgan fingerprint density at radius 3 is 2.55 bits per heavy atom. The van der Waals surface area contributed by atoms with E-state index in [9.17, 15) is 18.4 Å². The molecule has 1 saturated heterocycles. The number of nitrogens with two attached hydrogens (primary N) is 1. The molecule has 40 heavy (non-hydrogen) atoms. The molecule has 3 aromatic rings. The van der Waals surface area contributed by atoms with Crippen LogP contribution in [0.25, 0.3) is 11.3 Å². The smallest absolute Gasteiger partial charge is 0.274 e. The predicted molar refractivity (Wildman–Crippen MR) is 153 cm³/mol. The highest BCUT2D eigenvalue weighted by molar-refractivity contribution is 6.04. The molecule has 212 valence electrons. The van der Waals surface area contributed by atoms with Gasteiger partial charge in [-0.3, -0.25) is 9.78 Å². The van der Waals surface area contributed by atoms with Crippen LogP contribution in [0.5, 0.6) is 0 Å². The molecule has 2 aromatic heterocycles. The van der Waals surface area contributed by atoms with E-state index in [4.69, 9.17) is 5.73 Å². The number of halogens is 2. The first-order valence-electron chi connectivity index (χ1n) is 13.6. The molecule has 1 aromatic carbocycles. The Morgan fingerprint density at radius 2 is 1.88 bits per heavy atom. The van der Waals surface area contributed by atoms with E-state index in [0.29, 0.717) is 30.8 Å². The largest absolute Gasteiger partial charge is 0.368 e. The lowest BCUT2D eigenvalue weighted by atomic mass is 9.64. The van der Waals surface area contributed by atoms with E-state index in [-0.39, 0.29) is 46.0 Å². The van der Waals surface area contributed by atoms with Gasteiger partial charge in [-0.1, -0.05) is 39.3 Å². The maximum absolute atomic E-state index is 14.7. The highest BCUT2D eigenvalue weighted by Gasteiger charge is 2.43. The fourth-order valence-corrected chi connectivity index (χ4v) is 6.14. The average molecular weight is 550 g/mol. The first kappa shape index (κ1) is 29.3. The molecule has 3 atom stereocenters. The second-order valence-corrected chi connectivity index (χ2v) is 11.4. The fourth-order valence-electron chi connectivity index (χ4n) is 6.14. The van der Waals surface area contributed by atoms with Crippen LogP contribution >= 0.6 is 0 Å². The first-order chi connectivity index (χ1) is 18.9. The fraction of sp³-hybridized carbons (Fsp3) is 0.419. The third-order valence-corrected chi connectivity index (χ3v) is 8.02. The summed E-state index contributed by atoms with van der Waals surface area (Å²) in [7, 11) is 0. The van der Waals surface area contributed by atoms with E-state index in [1.807, 2.05) is 6.07 Å². The molecule has 9 heteroatoms. The van der Waals surface area contributed by atoms with Crippen molar-refractivity contribution in [1.82, 2.24) is 9.97 Å². The van der Waals surface area contributed by atoms with Gasteiger partial charge in [-0.2, -0.15) is 0 Å². The summed E-state index contributed by atoms with van der Waals surface area (Å²) in [4.78, 5) is 35.9. The van der Waals surface area contributed by atoms with Crippen molar-refractivity contribution in [2.24, 2.45) is 23.0 Å². The van der Waals surface area contributed by atoms with Crippen LogP contribution in [0, 0.1) is 35.8 Å². The lowest BCUT2D eigenvalue weighted by Crippen LogP contribution is -2.57. The number of carbonyl (C=O) groups excluding carboxylic acids is 2. The second-order valence-electron chi connectivity index (χ2n) is 11.4. The van der Waals surface area contributed by atoms with E-state index >= 15 is 0 Å². The van der Waals surface area contributed by atoms with E-state index in [1.165, 1.54) is 18.2 Å². The number of nitrogens with one attached hydrogen (secondary N) is 1. The number of nitrogens with zero attached hydrogens (tertiary/aromatic N) is 3. The third kappa shape index (κ3) is 6.04. The topological polar surface area (TPSA) is 101 Å². The lowest BCUT2D eigenvalue weighted by molar-refractivity contribution is -0.120. The molecule has 1 aliphatic heterocycles. The van der Waals surface area contributed by atoms with Crippen molar-refractivity contribution < 1.29 is 18.4 Å². The summed E-state index contributed by atoms with van der Waals surface area (Å²) in [5, 5.41) is 2.86. The maximum Gasteiger partial charge on any atom is 0.274 e. The van der Waals surface area contributed by atoms with Crippen molar-refractivity contribution in [3.05, 3.63) is 71.7 Å². The Morgan fingerprint density at radius 1 is 1.12 bits per heavy atom. The number of anilines is 2. The summed E-state index contributed by atoms with van der Waals surface area (Å²) < 4.78 is 29.3. The van der Waals surface area contributed by atoms with E-state index in [2.05, 4.69) is 41.0 Å². The van der Waals surface area contributed by atoms with Crippen LogP contribution in [0.4, 0.5) is 20.2 Å². The van der Waals surface area contributed by atoms with E-state index in [0.717, 1.165) is 18.2 Å². The van der Waals surface area contributed by atoms with Gasteiger partial charge in [0.1, 0.15) is 28.8 Å². The zero-order chi connectivity index (χ0) is 29.2. The molecule has 2 unspecified atom stereocenters. The van der Waals surface area contributed by atoms with Gasteiger partial charge in [0.15, 0.2) is 0 Å². The molecule has 0 radical (unpaired) electrons. The van der Waals surface area contributed by atoms with Gasteiger partial charge in [0.2, 0.25) is 0 Å². The van der Waals surface area contributed by atoms with Crippen LogP contribution in [0.3, 0.4) is 0 Å². The maximum atomic E-state index is 14.7. The number of aromatic nitrogens is 2. The molecule has 7 nitrogen and oxygen atoms in total. The van der Waals surface area contributed by atoms with Crippen LogP contribution in [0.1, 0.15) is 56.6 Å². The minimum Gasteiger partial charge on any atom is -0.368 e. The van der Waals surface area contributed by atoms with Crippen molar-refractivity contribution in [1.29, 1.82) is 0 Å². The quantitative estimate of drug-likeness (QED) is 0.370. The molecular weight excluding hydrogens is 512 g/mol. The van der Waals surface area contributed by atoms with Crippen molar-refractivity contribution >= 4 is 23.1 Å². The van der Waals surface area contributed by atoms with E-state index < -0.39 is 17.5 Å². The minimum atomic E-state index is -0.723. The molecule has 1 aliphatic rings. The number of Topliss-reactive ketones (excluding diaryl/α,β-unsaturated/α-hetero) is 1. The molecule has 3 N–H and O–H groups in total. The van der Waals surface area contributed by atoms with Crippen molar-refractivity contribution in [3.63, 3.8) is 0 Å². The molecule has 1 fully saturated rings. The number of hydrogen-bond donors (Lipinski definition) is 2. The SMILES string of the molecule is CCC1C(N)CN(c2ccncc2NC(=O)c2ccc(F)c(-c3c(C)cccc3F)n2)C[C@@H]1C(C)(C)CC(C)=O. The zero-order valence-electron chi connectivity index (χ0n) is 23.7. The lowest BCUT2D eigenvalue weighted by Gasteiger charge is -2.49. The molecular formula is C31H37F2N5O2. The monoisotopic (exact) mass is 549 g/mol. The van der Waals surface area contributed by atoms with Crippen LogP contribution in [0.2, 0.25) is 0 Å². The zero-order valence-corrected chi connectivity index (χ0v) is 23.7. The third-order valence-electron chi connectivity index (χ3n) is 8.02. The van der Waals surface area contributed by atoms with Gasteiger partial charge in [-0.25, -0.2) is 13.8 Å². The van der Waals surface area contributed by atoms with Crippen molar-refractivity contribution in [2.45, 2.75) is 53.5 Å². The number of rotatable bonds is 8. The summed E-state index contributed by atoms with van der Waals surface area (Å²) in [6, 6.07) is 8.49. The number of hydrogen-bond acceptors (Lipinski definition) is 6. The molecule has 1 amide bonds. The number of carbonyl (C=O) groups is 2. The molecule has 0 spiro atoms. The van der Waals surface area contributed by atoms with E-state index in [1.54, 1.807) is 32.3 Å². The molecule has 3 heterocycles. The van der Waals surface area contributed by atoms with Gasteiger partial charge in [0.25, 0.3) is 5.91 Å². The van der Waals surface area contributed by atoms with Crippen molar-refractivity contribution in [3.8, 4) is 11.3 Å². The Kier molecular flexibility index (Phi) is 8.63. The molecule has 0 bridgehead atoms. The van der Waals surface area contributed by atoms with Crippen LogP contribution < -0.4 is 16.0 Å². The number of benzene rings is 1. The van der Waals surface area contributed by atoms with Crippen LogP contribution in [-0.2, 0) is 4.79 Å². The van der Waals surface area contributed by atoms with Crippen molar-refractivity contribution in [2.75, 3.05) is 23.3 Å². The summed E-state index contributed by atoms with van der Waals surface area (Å²) in [6.07, 6.45) is 4.55. The standard InChI is InChI=1S/C31H37F2N5O2/c1-6-20-21(31(4,5)14-19(3)39)16-38(17-24(20)34)27-12-13-35-15-26(27)37-30(40)25-11-10-23(33)29(36-25)28-18(2)8-7-9-22(28)32/h7-13,15,20-21,24H,6,14,16-17,34H2,1-5H3,(H,37,40)/t20?,21-,24?/m0/s1. The number of ketones is 1. The summed E-state index contributed by atoms with van der Waals surface area (Å²) in [5.74, 6) is -1.39. The van der Waals surface area contributed by atoms with Gasteiger partial charge >= 0.3 is 0 Å². The van der Waals surface area contributed by atoms with Crippen LogP contribution in [0.15, 0.2) is 48.8 Å². The summed E-state index contributed by atoms with van der Waals surface area (Å²) >= 11 is 0. The molecule has 4 rings (SSSR count). The summed E-state index contributed by atoms with van der Waals surface area (Å²) in [5.41, 5.74) is 7.85. The van der Waals surface area contributed by atoms with Gasteiger partial charge in [0, 0.05) is 37.3 Å². The number of pyridine rings is 2. The number of piperidine rings is 1. The highest BCUT2D eigenvalue weighted by atomic mass is 19.1. The average Bonchev–Trinajstić information content (AvgIpc) is 2.88. The minimum absolute atomic E-state index is 0.0173. The van der Waals surface area contributed by atoms with Gasteiger partial charge < -0.3 is 20.7 Å². The van der Waals surface area contributed by atoms with Gasteiger partial charge in [-0.05, 0) is 60.9 Å². The Bertz CT molecular complexity index is 1390. The summed E-state index contributed by atoms with van der Waals surface area (Å²) in [6.45, 7) is 10.9. The van der Waals surface area contributed by atoms with Gasteiger partial charge in [-0.15, -0.1) is 0 Å². The van der Waals surface area contributed by atoms with Crippen LogP contribution in [-0.4, -0.2) is 40.8 Å². The number of aryl methyl sites for hydroxylation is 1. The Hall–Kier alpha value is -3.72.